The maximum Gasteiger partial charge on any atom is 0.131 e. The number of rotatable bonds is 4. The maximum atomic E-state index is 5.81. The van der Waals surface area contributed by atoms with Crippen molar-refractivity contribution in [2.75, 3.05) is 29.9 Å². The Kier molecular flexibility index (Phi) is 4.24. The molecule has 110 valence electrons. The van der Waals surface area contributed by atoms with Gasteiger partial charge in [-0.05, 0) is 24.6 Å². The quantitative estimate of drug-likeness (QED) is 0.934. The third-order valence-corrected chi connectivity index (χ3v) is 3.57. The molecule has 1 aliphatic heterocycles. The standard InChI is InChI=1S/C17H21N3O/c1-2-10-18-16-8-5-9-17(19-16)20-11-12-21-15-7-4-3-6-14(15)13-20/h3-9H,2,10-13H2,1H3,(H,18,19). The summed E-state index contributed by atoms with van der Waals surface area (Å²) in [6.45, 7) is 5.47. The first kappa shape index (κ1) is 13.7. The summed E-state index contributed by atoms with van der Waals surface area (Å²) in [4.78, 5) is 6.97. The van der Waals surface area contributed by atoms with Gasteiger partial charge in [0, 0.05) is 18.7 Å². The zero-order chi connectivity index (χ0) is 14.5. The Morgan fingerprint density at radius 2 is 2.10 bits per heavy atom. The number of nitrogens with zero attached hydrogens (tertiary/aromatic N) is 2. The summed E-state index contributed by atoms with van der Waals surface area (Å²) in [7, 11) is 0. The van der Waals surface area contributed by atoms with E-state index in [1.165, 1.54) is 5.56 Å². The summed E-state index contributed by atoms with van der Waals surface area (Å²) in [6.07, 6.45) is 1.09. The molecule has 4 heteroatoms. The molecule has 0 atom stereocenters. The Morgan fingerprint density at radius 1 is 1.19 bits per heavy atom. The fraction of sp³-hybridized carbons (Fsp3) is 0.353. The monoisotopic (exact) mass is 283 g/mol. The van der Waals surface area contributed by atoms with Crippen molar-refractivity contribution in [2.24, 2.45) is 0 Å². The average Bonchev–Trinajstić information content (AvgIpc) is 2.75. The number of benzene rings is 1. The molecular formula is C17H21N3O. The minimum absolute atomic E-state index is 0.686. The summed E-state index contributed by atoms with van der Waals surface area (Å²) in [6, 6.07) is 14.4. The summed E-state index contributed by atoms with van der Waals surface area (Å²) < 4.78 is 5.81. The zero-order valence-electron chi connectivity index (χ0n) is 12.4. The number of anilines is 2. The molecule has 21 heavy (non-hydrogen) atoms. The lowest BCUT2D eigenvalue weighted by atomic mass is 10.2. The van der Waals surface area contributed by atoms with Gasteiger partial charge in [-0.3, -0.25) is 0 Å². The highest BCUT2D eigenvalue weighted by Crippen LogP contribution is 2.25. The molecule has 3 rings (SSSR count). The van der Waals surface area contributed by atoms with Crippen LogP contribution < -0.4 is 15.0 Å². The number of pyridine rings is 1. The summed E-state index contributed by atoms with van der Waals surface area (Å²) >= 11 is 0. The van der Waals surface area contributed by atoms with Gasteiger partial charge in [-0.15, -0.1) is 0 Å². The molecule has 0 aliphatic carbocycles. The van der Waals surface area contributed by atoms with Gasteiger partial charge in [0.1, 0.15) is 24.0 Å². The van der Waals surface area contributed by atoms with Gasteiger partial charge in [-0.25, -0.2) is 4.98 Å². The molecule has 1 aromatic heterocycles. The molecule has 0 radical (unpaired) electrons. The van der Waals surface area contributed by atoms with E-state index in [9.17, 15) is 0 Å². The van der Waals surface area contributed by atoms with Crippen molar-refractivity contribution < 1.29 is 4.74 Å². The highest BCUT2D eigenvalue weighted by molar-refractivity contribution is 5.49. The Labute approximate surface area is 125 Å². The van der Waals surface area contributed by atoms with Crippen molar-refractivity contribution in [3.8, 4) is 5.75 Å². The highest BCUT2D eigenvalue weighted by atomic mass is 16.5. The Bertz CT molecular complexity index is 600. The second-order valence-electron chi connectivity index (χ2n) is 5.19. The van der Waals surface area contributed by atoms with E-state index >= 15 is 0 Å². The van der Waals surface area contributed by atoms with Crippen LogP contribution in [0.25, 0.3) is 0 Å². The predicted molar refractivity (Wildman–Crippen MR) is 86.0 cm³/mol. The number of fused-ring (bicyclic) bond motifs is 1. The van der Waals surface area contributed by atoms with E-state index < -0.39 is 0 Å². The number of para-hydroxylation sites is 1. The van der Waals surface area contributed by atoms with Gasteiger partial charge in [0.15, 0.2) is 0 Å². The van der Waals surface area contributed by atoms with E-state index in [0.29, 0.717) is 6.61 Å². The average molecular weight is 283 g/mol. The SMILES string of the molecule is CCCNc1cccc(N2CCOc3ccccc3C2)n1. The Balaban J connectivity index is 1.80. The summed E-state index contributed by atoms with van der Waals surface area (Å²) in [5.41, 5.74) is 1.21. The van der Waals surface area contributed by atoms with Crippen LogP contribution in [0.5, 0.6) is 5.75 Å². The van der Waals surface area contributed by atoms with Crippen LogP contribution in [0, 0.1) is 0 Å². The van der Waals surface area contributed by atoms with Crippen molar-refractivity contribution >= 4 is 11.6 Å². The van der Waals surface area contributed by atoms with Crippen LogP contribution in [-0.2, 0) is 6.54 Å². The minimum atomic E-state index is 0.686. The number of ether oxygens (including phenoxy) is 1. The molecule has 1 aromatic carbocycles. The van der Waals surface area contributed by atoms with E-state index in [4.69, 9.17) is 9.72 Å². The molecule has 0 fully saturated rings. The third-order valence-electron chi connectivity index (χ3n) is 3.57. The smallest absolute Gasteiger partial charge is 0.131 e. The molecule has 0 unspecified atom stereocenters. The molecule has 0 saturated carbocycles. The fourth-order valence-electron chi connectivity index (χ4n) is 2.47. The second kappa shape index (κ2) is 6.48. The number of aromatic nitrogens is 1. The first-order valence-corrected chi connectivity index (χ1v) is 7.53. The number of nitrogens with one attached hydrogen (secondary N) is 1. The van der Waals surface area contributed by atoms with E-state index in [2.05, 4.69) is 41.4 Å². The molecule has 0 amide bonds. The number of hydrogen-bond donors (Lipinski definition) is 1. The van der Waals surface area contributed by atoms with Crippen LogP contribution in [0.3, 0.4) is 0 Å². The van der Waals surface area contributed by atoms with Crippen LogP contribution in [0.4, 0.5) is 11.6 Å². The largest absolute Gasteiger partial charge is 0.491 e. The molecule has 1 N–H and O–H groups in total. The van der Waals surface area contributed by atoms with Crippen LogP contribution in [0.1, 0.15) is 18.9 Å². The van der Waals surface area contributed by atoms with Gasteiger partial charge < -0.3 is 15.0 Å². The van der Waals surface area contributed by atoms with Gasteiger partial charge in [-0.2, -0.15) is 0 Å². The molecular weight excluding hydrogens is 262 g/mol. The zero-order valence-corrected chi connectivity index (χ0v) is 12.4. The topological polar surface area (TPSA) is 37.4 Å². The second-order valence-corrected chi connectivity index (χ2v) is 5.19. The maximum absolute atomic E-state index is 5.81. The molecule has 2 heterocycles. The van der Waals surface area contributed by atoms with Crippen molar-refractivity contribution in [1.29, 1.82) is 0 Å². The normalized spacial score (nSPS) is 14.0. The van der Waals surface area contributed by atoms with Gasteiger partial charge in [0.25, 0.3) is 0 Å². The molecule has 0 saturated heterocycles. The van der Waals surface area contributed by atoms with Crippen LogP contribution in [0.2, 0.25) is 0 Å². The minimum Gasteiger partial charge on any atom is -0.491 e. The lowest BCUT2D eigenvalue weighted by Crippen LogP contribution is -2.26. The Hall–Kier alpha value is -2.23. The first-order valence-electron chi connectivity index (χ1n) is 7.53. The van der Waals surface area contributed by atoms with E-state index in [0.717, 1.165) is 43.4 Å². The van der Waals surface area contributed by atoms with Crippen molar-refractivity contribution in [2.45, 2.75) is 19.9 Å². The molecule has 0 bridgehead atoms. The summed E-state index contributed by atoms with van der Waals surface area (Å²) in [5.74, 6) is 2.92. The van der Waals surface area contributed by atoms with Gasteiger partial charge in [0.2, 0.25) is 0 Å². The lowest BCUT2D eigenvalue weighted by Gasteiger charge is -2.21. The van der Waals surface area contributed by atoms with Crippen LogP contribution in [-0.4, -0.2) is 24.7 Å². The van der Waals surface area contributed by atoms with E-state index in [1.807, 2.05) is 18.2 Å². The fourth-order valence-corrected chi connectivity index (χ4v) is 2.47. The third kappa shape index (κ3) is 3.27. The van der Waals surface area contributed by atoms with Gasteiger partial charge >= 0.3 is 0 Å². The van der Waals surface area contributed by atoms with E-state index in [1.54, 1.807) is 0 Å². The lowest BCUT2D eigenvalue weighted by molar-refractivity contribution is 0.331. The summed E-state index contributed by atoms with van der Waals surface area (Å²) in [5, 5.41) is 3.34. The van der Waals surface area contributed by atoms with Crippen molar-refractivity contribution in [3.05, 3.63) is 48.0 Å². The molecule has 2 aromatic rings. The van der Waals surface area contributed by atoms with Gasteiger partial charge in [-0.1, -0.05) is 31.2 Å². The van der Waals surface area contributed by atoms with Gasteiger partial charge in [0.05, 0.1) is 6.54 Å². The van der Waals surface area contributed by atoms with E-state index in [-0.39, 0.29) is 0 Å². The molecule has 4 nitrogen and oxygen atoms in total. The van der Waals surface area contributed by atoms with Crippen molar-refractivity contribution in [1.82, 2.24) is 4.98 Å². The van der Waals surface area contributed by atoms with Crippen molar-refractivity contribution in [3.63, 3.8) is 0 Å². The van der Waals surface area contributed by atoms with Crippen LogP contribution >= 0.6 is 0 Å². The highest BCUT2D eigenvalue weighted by Gasteiger charge is 2.16. The Morgan fingerprint density at radius 3 is 3.00 bits per heavy atom. The molecule has 1 aliphatic rings. The first-order chi connectivity index (χ1) is 10.4. The predicted octanol–water partition coefficient (Wildman–Crippen LogP) is 3.30. The molecule has 0 spiro atoms. The number of hydrogen-bond acceptors (Lipinski definition) is 4. The van der Waals surface area contributed by atoms with Crippen LogP contribution in [0.15, 0.2) is 42.5 Å².